The largest absolute Gasteiger partial charge is 0.416 e. The Hall–Kier alpha value is -1.93. The van der Waals surface area contributed by atoms with E-state index in [0.29, 0.717) is 24.9 Å². The Kier molecular flexibility index (Phi) is 6.55. The zero-order valence-corrected chi connectivity index (χ0v) is 14.0. The molecule has 8 heteroatoms. The van der Waals surface area contributed by atoms with Crippen LogP contribution in [0.1, 0.15) is 28.8 Å². The Bertz CT molecular complexity index is 607. The molecule has 1 aromatic rings. The predicted octanol–water partition coefficient (Wildman–Crippen LogP) is 1.69. The van der Waals surface area contributed by atoms with Crippen molar-refractivity contribution in [2.45, 2.75) is 31.1 Å². The van der Waals surface area contributed by atoms with Gasteiger partial charge < -0.3 is 15.5 Å². The first kappa shape index (κ1) is 19.4. The number of aldehydes is 1. The van der Waals surface area contributed by atoms with E-state index in [4.69, 9.17) is 0 Å². The lowest BCUT2D eigenvalue weighted by Crippen LogP contribution is -2.42. The average molecular weight is 357 g/mol. The van der Waals surface area contributed by atoms with E-state index in [2.05, 4.69) is 10.6 Å². The monoisotopic (exact) mass is 357 g/mol. The number of carbonyl (C=O) groups is 2. The molecule has 0 aliphatic carbocycles. The fourth-order valence-corrected chi connectivity index (χ4v) is 3.22. The summed E-state index contributed by atoms with van der Waals surface area (Å²) < 4.78 is 36.0. The van der Waals surface area contributed by atoms with E-state index in [1.807, 2.05) is 11.9 Å². The molecule has 2 unspecified atom stereocenters. The Balaban J connectivity index is 0.000000181. The maximum absolute atomic E-state index is 12.0. The highest BCUT2D eigenvalue weighted by atomic mass is 19.4. The Morgan fingerprint density at radius 3 is 2.80 bits per heavy atom. The van der Waals surface area contributed by atoms with Crippen molar-refractivity contribution in [3.63, 3.8) is 0 Å². The van der Waals surface area contributed by atoms with E-state index in [9.17, 15) is 22.8 Å². The van der Waals surface area contributed by atoms with Gasteiger partial charge in [0, 0.05) is 24.2 Å². The molecule has 3 rings (SSSR count). The van der Waals surface area contributed by atoms with Crippen LogP contribution in [0.2, 0.25) is 0 Å². The molecule has 1 amide bonds. The van der Waals surface area contributed by atoms with Crippen LogP contribution in [0, 0.1) is 0 Å². The molecule has 25 heavy (non-hydrogen) atoms. The van der Waals surface area contributed by atoms with E-state index >= 15 is 0 Å². The lowest BCUT2D eigenvalue weighted by Gasteiger charge is -2.23. The molecule has 0 aromatic heterocycles. The number of halogens is 3. The standard InChI is InChI=1S/C9H17N3O.C8H5F3O/c1-10-6-9(13)12-5-3-7-8(12)2-4-11-7;9-8(10,11)7-3-1-2-6(4-7)5-12/h7-8,10-11H,2-6H2,1H3;1-5H. The summed E-state index contributed by atoms with van der Waals surface area (Å²) in [6, 6.07) is 5.30. The van der Waals surface area contributed by atoms with Crippen LogP contribution < -0.4 is 10.6 Å². The van der Waals surface area contributed by atoms with Crippen molar-refractivity contribution in [2.75, 3.05) is 26.7 Å². The van der Waals surface area contributed by atoms with Gasteiger partial charge in [0.1, 0.15) is 6.29 Å². The third kappa shape index (κ3) is 5.02. The van der Waals surface area contributed by atoms with Gasteiger partial charge in [-0.25, -0.2) is 0 Å². The minimum Gasteiger partial charge on any atom is -0.337 e. The molecule has 0 radical (unpaired) electrons. The molecule has 2 aliphatic rings. The van der Waals surface area contributed by atoms with E-state index in [1.54, 1.807) is 0 Å². The molecule has 0 bridgehead atoms. The predicted molar refractivity (Wildman–Crippen MR) is 87.3 cm³/mol. The molecular formula is C17H22F3N3O2. The van der Waals surface area contributed by atoms with E-state index < -0.39 is 11.7 Å². The molecule has 0 saturated carbocycles. The summed E-state index contributed by atoms with van der Waals surface area (Å²) in [7, 11) is 1.82. The van der Waals surface area contributed by atoms with Gasteiger partial charge in [0.05, 0.1) is 12.1 Å². The SMILES string of the molecule is CNCC(=O)N1CCC2NCCC21.O=Cc1cccc(C(F)(F)F)c1. The van der Waals surface area contributed by atoms with E-state index in [-0.39, 0.29) is 11.5 Å². The van der Waals surface area contributed by atoms with Crippen LogP contribution in [0.5, 0.6) is 0 Å². The number of hydrogen-bond donors (Lipinski definition) is 2. The third-order valence-electron chi connectivity index (χ3n) is 4.39. The van der Waals surface area contributed by atoms with Crippen molar-refractivity contribution in [1.29, 1.82) is 0 Å². The molecule has 138 valence electrons. The van der Waals surface area contributed by atoms with E-state index in [1.165, 1.54) is 12.1 Å². The summed E-state index contributed by atoms with van der Waals surface area (Å²) in [6.07, 6.45) is -1.74. The molecular weight excluding hydrogens is 335 g/mol. The summed E-state index contributed by atoms with van der Waals surface area (Å²) in [5.74, 6) is 0.249. The number of nitrogens with one attached hydrogen (secondary N) is 2. The van der Waals surface area contributed by atoms with Crippen LogP contribution in [0.4, 0.5) is 13.2 Å². The Morgan fingerprint density at radius 1 is 1.40 bits per heavy atom. The molecule has 2 atom stereocenters. The van der Waals surface area contributed by atoms with Crippen molar-refractivity contribution in [1.82, 2.24) is 15.5 Å². The van der Waals surface area contributed by atoms with E-state index in [0.717, 1.165) is 38.1 Å². The van der Waals surface area contributed by atoms with Crippen molar-refractivity contribution >= 4 is 12.2 Å². The van der Waals surface area contributed by atoms with Gasteiger partial charge in [-0.1, -0.05) is 12.1 Å². The van der Waals surface area contributed by atoms with Gasteiger partial charge in [0.2, 0.25) is 5.91 Å². The minimum absolute atomic E-state index is 0.0322. The highest BCUT2D eigenvalue weighted by Gasteiger charge is 2.39. The maximum Gasteiger partial charge on any atom is 0.416 e. The second-order valence-electron chi connectivity index (χ2n) is 6.06. The molecule has 2 aliphatic heterocycles. The number of amides is 1. The topological polar surface area (TPSA) is 61.4 Å². The highest BCUT2D eigenvalue weighted by molar-refractivity contribution is 5.79. The van der Waals surface area contributed by atoms with Crippen LogP contribution >= 0.6 is 0 Å². The van der Waals surface area contributed by atoms with Gasteiger partial charge in [-0.15, -0.1) is 0 Å². The first-order chi connectivity index (χ1) is 11.9. The number of nitrogens with zero attached hydrogens (tertiary/aromatic N) is 1. The molecule has 2 N–H and O–H groups in total. The number of carbonyl (C=O) groups excluding carboxylic acids is 2. The molecule has 2 fully saturated rings. The van der Waals surface area contributed by atoms with Gasteiger partial charge in [0.15, 0.2) is 0 Å². The summed E-state index contributed by atoms with van der Waals surface area (Å²) in [5.41, 5.74) is -0.767. The van der Waals surface area contributed by atoms with Gasteiger partial charge in [-0.3, -0.25) is 9.59 Å². The zero-order chi connectivity index (χ0) is 18.4. The van der Waals surface area contributed by atoms with Crippen molar-refractivity contribution in [3.8, 4) is 0 Å². The van der Waals surface area contributed by atoms with Gasteiger partial charge in [-0.2, -0.15) is 13.2 Å². The fraction of sp³-hybridized carbons (Fsp3) is 0.529. The van der Waals surface area contributed by atoms with Gasteiger partial charge in [0.25, 0.3) is 0 Å². The Labute approximate surface area is 144 Å². The van der Waals surface area contributed by atoms with Gasteiger partial charge in [-0.05, 0) is 38.6 Å². The third-order valence-corrected chi connectivity index (χ3v) is 4.39. The second-order valence-corrected chi connectivity index (χ2v) is 6.06. The van der Waals surface area contributed by atoms with Crippen LogP contribution in [0.25, 0.3) is 0 Å². The molecule has 2 heterocycles. The van der Waals surface area contributed by atoms with Crippen LogP contribution in [-0.2, 0) is 11.0 Å². The number of fused-ring (bicyclic) bond motifs is 1. The molecule has 2 saturated heterocycles. The van der Waals surface area contributed by atoms with Crippen molar-refractivity contribution in [3.05, 3.63) is 35.4 Å². The average Bonchev–Trinajstić information content (AvgIpc) is 3.18. The molecule has 5 nitrogen and oxygen atoms in total. The number of alkyl halides is 3. The number of rotatable bonds is 3. The maximum atomic E-state index is 12.0. The first-order valence-corrected chi connectivity index (χ1v) is 8.16. The summed E-state index contributed by atoms with van der Waals surface area (Å²) in [6.45, 7) is 2.48. The number of benzene rings is 1. The number of likely N-dealkylation sites (tertiary alicyclic amines) is 1. The lowest BCUT2D eigenvalue weighted by molar-refractivity contribution is -0.137. The summed E-state index contributed by atoms with van der Waals surface area (Å²) in [5, 5.41) is 6.34. The normalized spacial score (nSPS) is 22.2. The fourth-order valence-electron chi connectivity index (χ4n) is 3.22. The molecule has 1 aromatic carbocycles. The first-order valence-electron chi connectivity index (χ1n) is 8.16. The smallest absolute Gasteiger partial charge is 0.337 e. The highest BCUT2D eigenvalue weighted by Crippen LogP contribution is 2.29. The van der Waals surface area contributed by atoms with Crippen LogP contribution in [0.3, 0.4) is 0 Å². The van der Waals surface area contributed by atoms with Crippen molar-refractivity contribution in [2.24, 2.45) is 0 Å². The summed E-state index contributed by atoms with van der Waals surface area (Å²) >= 11 is 0. The quantitative estimate of drug-likeness (QED) is 0.809. The zero-order valence-electron chi connectivity index (χ0n) is 14.0. The lowest BCUT2D eigenvalue weighted by atomic mass is 10.1. The number of hydrogen-bond acceptors (Lipinski definition) is 4. The minimum atomic E-state index is -4.38. The number of likely N-dealkylation sites (N-methyl/N-ethyl adjacent to an activating group) is 1. The Morgan fingerprint density at radius 2 is 2.16 bits per heavy atom. The second kappa shape index (κ2) is 8.44. The van der Waals surface area contributed by atoms with Crippen molar-refractivity contribution < 1.29 is 22.8 Å². The van der Waals surface area contributed by atoms with Crippen LogP contribution in [0.15, 0.2) is 24.3 Å². The molecule has 0 spiro atoms. The van der Waals surface area contributed by atoms with Gasteiger partial charge >= 0.3 is 6.18 Å². The van der Waals surface area contributed by atoms with Crippen LogP contribution in [-0.4, -0.2) is 55.9 Å². The summed E-state index contributed by atoms with van der Waals surface area (Å²) in [4.78, 5) is 23.8.